The zero-order valence-electron chi connectivity index (χ0n) is 11.7. The fourth-order valence-electron chi connectivity index (χ4n) is 2.89. The summed E-state index contributed by atoms with van der Waals surface area (Å²) in [6.07, 6.45) is 10.5. The van der Waals surface area contributed by atoms with Crippen LogP contribution >= 0.6 is 11.6 Å². The molecule has 1 unspecified atom stereocenters. The second-order valence-electron chi connectivity index (χ2n) is 5.63. The molecular weight excluding hydrogens is 246 g/mol. The highest BCUT2D eigenvalue weighted by Gasteiger charge is 2.16. The molecule has 1 rings (SSSR count). The number of alkyl halides is 1. The Hall–Kier alpha value is -0.240. The van der Waals surface area contributed by atoms with E-state index in [1.807, 2.05) is 0 Å². The Bertz CT molecular complexity index is 221. The van der Waals surface area contributed by atoms with Crippen LogP contribution in [0.25, 0.3) is 0 Å². The van der Waals surface area contributed by atoms with Gasteiger partial charge >= 0.3 is 0 Å². The molecule has 18 heavy (non-hydrogen) atoms. The summed E-state index contributed by atoms with van der Waals surface area (Å²) >= 11 is 5.78. The van der Waals surface area contributed by atoms with Gasteiger partial charge in [0.15, 0.2) is 0 Å². The smallest absolute Gasteiger partial charge is 0.220 e. The Balaban J connectivity index is 2.10. The number of carbonyl (C=O) groups excluding carboxylic acids is 1. The molecule has 1 N–H and O–H groups in total. The van der Waals surface area contributed by atoms with Crippen molar-refractivity contribution in [3.63, 3.8) is 0 Å². The van der Waals surface area contributed by atoms with Crippen LogP contribution in [0.3, 0.4) is 0 Å². The van der Waals surface area contributed by atoms with E-state index in [0.717, 1.165) is 31.7 Å². The molecule has 0 saturated heterocycles. The van der Waals surface area contributed by atoms with Crippen LogP contribution in [-0.2, 0) is 4.79 Å². The second-order valence-corrected chi connectivity index (χ2v) is 6.00. The Kier molecular flexibility index (Phi) is 8.49. The topological polar surface area (TPSA) is 29.1 Å². The number of hydrogen-bond donors (Lipinski definition) is 1. The molecule has 1 atom stereocenters. The van der Waals surface area contributed by atoms with E-state index < -0.39 is 0 Å². The summed E-state index contributed by atoms with van der Waals surface area (Å²) in [6.45, 7) is 2.99. The van der Waals surface area contributed by atoms with Crippen LogP contribution in [0.15, 0.2) is 0 Å². The molecule has 1 saturated carbocycles. The van der Waals surface area contributed by atoms with Crippen LogP contribution in [0.1, 0.15) is 64.7 Å². The van der Waals surface area contributed by atoms with Gasteiger partial charge in [-0.3, -0.25) is 4.79 Å². The maximum absolute atomic E-state index is 11.8. The Labute approximate surface area is 117 Å². The van der Waals surface area contributed by atoms with Crippen LogP contribution in [0.5, 0.6) is 0 Å². The molecule has 3 heteroatoms. The fourth-order valence-corrected chi connectivity index (χ4v) is 3.20. The number of nitrogens with one attached hydrogen (secondary N) is 1. The Morgan fingerprint density at radius 3 is 2.67 bits per heavy atom. The van der Waals surface area contributed by atoms with Gasteiger partial charge < -0.3 is 5.32 Å². The van der Waals surface area contributed by atoms with Crippen molar-refractivity contribution in [1.82, 2.24) is 5.32 Å². The summed E-state index contributed by atoms with van der Waals surface area (Å²) < 4.78 is 0. The van der Waals surface area contributed by atoms with Crippen LogP contribution in [0.2, 0.25) is 0 Å². The number of rotatable bonds is 9. The van der Waals surface area contributed by atoms with Crippen molar-refractivity contribution in [2.24, 2.45) is 11.8 Å². The molecule has 0 heterocycles. The molecule has 0 radical (unpaired) electrons. The molecule has 0 bridgehead atoms. The summed E-state index contributed by atoms with van der Waals surface area (Å²) in [6, 6.07) is 0. The fraction of sp³-hybridized carbons (Fsp3) is 0.933. The SMILES string of the molecule is CCCC(CCCl)CNC(=O)CCC1CCCC1. The summed E-state index contributed by atoms with van der Waals surface area (Å²) in [5.74, 6) is 2.30. The number of hydrogen-bond acceptors (Lipinski definition) is 1. The first kappa shape index (κ1) is 15.8. The van der Waals surface area contributed by atoms with Crippen molar-refractivity contribution in [3.05, 3.63) is 0 Å². The van der Waals surface area contributed by atoms with Gasteiger partial charge in [0, 0.05) is 18.8 Å². The van der Waals surface area contributed by atoms with Crippen molar-refractivity contribution < 1.29 is 4.79 Å². The second kappa shape index (κ2) is 9.66. The van der Waals surface area contributed by atoms with Crippen molar-refractivity contribution in [2.45, 2.75) is 64.7 Å². The van der Waals surface area contributed by atoms with Crippen molar-refractivity contribution in [3.8, 4) is 0 Å². The number of amides is 1. The zero-order valence-corrected chi connectivity index (χ0v) is 12.5. The van der Waals surface area contributed by atoms with Gasteiger partial charge in [-0.2, -0.15) is 0 Å². The molecule has 1 aliphatic carbocycles. The minimum Gasteiger partial charge on any atom is -0.356 e. The van der Waals surface area contributed by atoms with E-state index in [0.29, 0.717) is 18.2 Å². The lowest BCUT2D eigenvalue weighted by molar-refractivity contribution is -0.121. The van der Waals surface area contributed by atoms with Gasteiger partial charge in [-0.05, 0) is 31.1 Å². The molecule has 0 aromatic rings. The first-order valence-electron chi connectivity index (χ1n) is 7.59. The van der Waals surface area contributed by atoms with E-state index in [2.05, 4.69) is 12.2 Å². The van der Waals surface area contributed by atoms with E-state index in [-0.39, 0.29) is 5.91 Å². The van der Waals surface area contributed by atoms with Crippen molar-refractivity contribution in [2.75, 3.05) is 12.4 Å². The highest BCUT2D eigenvalue weighted by atomic mass is 35.5. The molecular formula is C15H28ClNO. The van der Waals surface area contributed by atoms with Crippen LogP contribution in [-0.4, -0.2) is 18.3 Å². The van der Waals surface area contributed by atoms with Gasteiger partial charge in [0.25, 0.3) is 0 Å². The monoisotopic (exact) mass is 273 g/mol. The molecule has 0 spiro atoms. The average molecular weight is 274 g/mol. The lowest BCUT2D eigenvalue weighted by Crippen LogP contribution is -2.29. The van der Waals surface area contributed by atoms with Gasteiger partial charge in [0.2, 0.25) is 5.91 Å². The Morgan fingerprint density at radius 2 is 2.06 bits per heavy atom. The highest BCUT2D eigenvalue weighted by Crippen LogP contribution is 2.28. The number of carbonyl (C=O) groups is 1. The number of halogens is 1. The minimum atomic E-state index is 0.234. The van der Waals surface area contributed by atoms with E-state index in [4.69, 9.17) is 11.6 Å². The summed E-state index contributed by atoms with van der Waals surface area (Å²) in [5.41, 5.74) is 0. The standard InChI is InChI=1S/C15H28ClNO/c1-2-5-14(10-11-16)12-17-15(18)9-8-13-6-3-4-7-13/h13-14H,2-12H2,1H3,(H,17,18). The molecule has 1 amide bonds. The van der Waals surface area contributed by atoms with E-state index in [1.165, 1.54) is 32.1 Å². The van der Waals surface area contributed by atoms with Crippen molar-refractivity contribution in [1.29, 1.82) is 0 Å². The maximum Gasteiger partial charge on any atom is 0.220 e. The third-order valence-corrected chi connectivity index (χ3v) is 4.27. The molecule has 106 valence electrons. The van der Waals surface area contributed by atoms with E-state index >= 15 is 0 Å². The van der Waals surface area contributed by atoms with Crippen molar-refractivity contribution >= 4 is 17.5 Å². The quantitative estimate of drug-likeness (QED) is 0.629. The van der Waals surface area contributed by atoms with E-state index in [9.17, 15) is 4.79 Å². The average Bonchev–Trinajstić information content (AvgIpc) is 2.87. The Morgan fingerprint density at radius 1 is 1.33 bits per heavy atom. The summed E-state index contributed by atoms with van der Waals surface area (Å²) in [4.78, 5) is 11.8. The molecule has 0 aromatic heterocycles. The maximum atomic E-state index is 11.8. The predicted octanol–water partition coefficient (Wildman–Crippen LogP) is 4.12. The van der Waals surface area contributed by atoms with Gasteiger partial charge in [0.05, 0.1) is 0 Å². The molecule has 0 aromatic carbocycles. The van der Waals surface area contributed by atoms with E-state index in [1.54, 1.807) is 0 Å². The molecule has 2 nitrogen and oxygen atoms in total. The third-order valence-electron chi connectivity index (χ3n) is 4.06. The molecule has 1 aliphatic rings. The van der Waals surface area contributed by atoms with Crippen LogP contribution < -0.4 is 5.32 Å². The van der Waals surface area contributed by atoms with Gasteiger partial charge in [-0.25, -0.2) is 0 Å². The van der Waals surface area contributed by atoms with Gasteiger partial charge in [-0.1, -0.05) is 39.0 Å². The van der Waals surface area contributed by atoms with Gasteiger partial charge in [0.1, 0.15) is 0 Å². The summed E-state index contributed by atoms with van der Waals surface area (Å²) in [5, 5.41) is 3.08. The lowest BCUT2D eigenvalue weighted by Gasteiger charge is -2.16. The summed E-state index contributed by atoms with van der Waals surface area (Å²) in [7, 11) is 0. The largest absolute Gasteiger partial charge is 0.356 e. The lowest BCUT2D eigenvalue weighted by atomic mass is 10.00. The first-order chi connectivity index (χ1) is 8.76. The van der Waals surface area contributed by atoms with Gasteiger partial charge in [-0.15, -0.1) is 11.6 Å². The van der Waals surface area contributed by atoms with Crippen LogP contribution in [0.4, 0.5) is 0 Å². The third kappa shape index (κ3) is 6.63. The predicted molar refractivity (Wildman–Crippen MR) is 77.9 cm³/mol. The van der Waals surface area contributed by atoms with Crippen LogP contribution in [0, 0.1) is 11.8 Å². The minimum absolute atomic E-state index is 0.234. The molecule has 0 aliphatic heterocycles. The first-order valence-corrected chi connectivity index (χ1v) is 8.12. The zero-order chi connectivity index (χ0) is 13.2. The molecule has 1 fully saturated rings. The highest BCUT2D eigenvalue weighted by molar-refractivity contribution is 6.17. The normalized spacial score (nSPS) is 17.9.